The van der Waals surface area contributed by atoms with Crippen molar-refractivity contribution in [1.29, 1.82) is 0 Å². The van der Waals surface area contributed by atoms with Gasteiger partial charge in [-0.1, -0.05) is 5.16 Å². The quantitative estimate of drug-likeness (QED) is 0.735. The SMILES string of the molecule is Cc1cc(NC(=O)CN(CC2CCCO2)C(=O)Nc2ccc(C(F)(F)F)cc2)no1. The molecule has 8 nitrogen and oxygen atoms in total. The first-order chi connectivity index (χ1) is 14.2. The van der Waals surface area contributed by atoms with Gasteiger partial charge >= 0.3 is 12.2 Å². The molecule has 3 rings (SSSR count). The maximum absolute atomic E-state index is 12.7. The first-order valence-corrected chi connectivity index (χ1v) is 9.28. The standard InChI is InChI=1S/C19H21F3N4O4/c1-12-9-16(25-30-12)24-17(27)11-26(10-15-3-2-8-29-15)18(28)23-14-6-4-13(5-7-14)19(20,21)22/h4-7,9,15H,2-3,8,10-11H2,1H3,(H,23,28)(H,24,25,27). The molecule has 1 aromatic heterocycles. The molecule has 11 heteroatoms. The third kappa shape index (κ3) is 5.96. The molecule has 30 heavy (non-hydrogen) atoms. The van der Waals surface area contributed by atoms with Gasteiger partial charge in [0.25, 0.3) is 0 Å². The van der Waals surface area contributed by atoms with E-state index in [2.05, 4.69) is 15.8 Å². The number of rotatable bonds is 6. The number of ether oxygens (including phenoxy) is 1. The summed E-state index contributed by atoms with van der Waals surface area (Å²) in [4.78, 5) is 26.3. The number of hydrogen-bond donors (Lipinski definition) is 2. The minimum absolute atomic E-state index is 0.164. The third-order valence-electron chi connectivity index (χ3n) is 4.43. The Labute approximate surface area is 170 Å². The van der Waals surface area contributed by atoms with Gasteiger partial charge in [-0.15, -0.1) is 0 Å². The van der Waals surface area contributed by atoms with Gasteiger partial charge in [0.05, 0.1) is 11.7 Å². The van der Waals surface area contributed by atoms with Crippen molar-refractivity contribution in [2.75, 3.05) is 30.3 Å². The summed E-state index contributed by atoms with van der Waals surface area (Å²) < 4.78 is 48.5. The molecule has 1 fully saturated rings. The van der Waals surface area contributed by atoms with E-state index >= 15 is 0 Å². The van der Waals surface area contributed by atoms with Crippen LogP contribution in [0.3, 0.4) is 0 Å². The first kappa shape index (κ1) is 21.6. The number of urea groups is 1. The zero-order valence-corrected chi connectivity index (χ0v) is 16.2. The molecule has 0 radical (unpaired) electrons. The fourth-order valence-electron chi connectivity index (χ4n) is 2.98. The van der Waals surface area contributed by atoms with Crippen LogP contribution in [0.5, 0.6) is 0 Å². The van der Waals surface area contributed by atoms with Crippen LogP contribution in [0.4, 0.5) is 29.5 Å². The van der Waals surface area contributed by atoms with Gasteiger partial charge in [-0.3, -0.25) is 4.79 Å². The van der Waals surface area contributed by atoms with Crippen molar-refractivity contribution in [2.45, 2.75) is 32.0 Å². The van der Waals surface area contributed by atoms with Gasteiger partial charge in [-0.2, -0.15) is 13.2 Å². The lowest BCUT2D eigenvalue weighted by molar-refractivity contribution is -0.137. The predicted octanol–water partition coefficient (Wildman–Crippen LogP) is 3.65. The molecule has 162 valence electrons. The molecule has 1 aliphatic heterocycles. The number of nitrogens with one attached hydrogen (secondary N) is 2. The molecule has 3 amide bonds. The van der Waals surface area contributed by atoms with E-state index in [0.29, 0.717) is 12.4 Å². The van der Waals surface area contributed by atoms with E-state index in [-0.39, 0.29) is 30.7 Å². The summed E-state index contributed by atoms with van der Waals surface area (Å²) in [7, 11) is 0. The summed E-state index contributed by atoms with van der Waals surface area (Å²) >= 11 is 0. The largest absolute Gasteiger partial charge is 0.416 e. The molecule has 1 aromatic carbocycles. The van der Waals surface area contributed by atoms with Crippen molar-refractivity contribution >= 4 is 23.4 Å². The number of hydrogen-bond acceptors (Lipinski definition) is 5. The summed E-state index contributed by atoms with van der Waals surface area (Å²) in [5.41, 5.74) is -0.642. The lowest BCUT2D eigenvalue weighted by atomic mass is 10.2. The molecule has 2 heterocycles. The van der Waals surface area contributed by atoms with Crippen molar-refractivity contribution in [2.24, 2.45) is 0 Å². The molecule has 1 unspecified atom stereocenters. The number of halogens is 3. The van der Waals surface area contributed by atoms with Crippen molar-refractivity contribution in [3.8, 4) is 0 Å². The summed E-state index contributed by atoms with van der Waals surface area (Å²) in [5, 5.41) is 8.71. The van der Waals surface area contributed by atoms with Crippen LogP contribution in [0.25, 0.3) is 0 Å². The monoisotopic (exact) mass is 426 g/mol. The van der Waals surface area contributed by atoms with E-state index in [9.17, 15) is 22.8 Å². The molecule has 1 atom stereocenters. The number of benzene rings is 1. The highest BCUT2D eigenvalue weighted by Gasteiger charge is 2.30. The van der Waals surface area contributed by atoms with Crippen LogP contribution in [0.1, 0.15) is 24.2 Å². The molecule has 0 aliphatic carbocycles. The number of carbonyl (C=O) groups excluding carboxylic acids is 2. The van der Waals surface area contributed by atoms with E-state index in [1.54, 1.807) is 6.92 Å². The van der Waals surface area contributed by atoms with Gasteiger partial charge in [-0.05, 0) is 44.0 Å². The third-order valence-corrected chi connectivity index (χ3v) is 4.43. The van der Waals surface area contributed by atoms with Crippen LogP contribution >= 0.6 is 0 Å². The molecule has 2 aromatic rings. The normalized spacial score (nSPS) is 16.3. The molecule has 2 N–H and O–H groups in total. The van der Waals surface area contributed by atoms with Crippen LogP contribution in [0, 0.1) is 6.92 Å². The lowest BCUT2D eigenvalue weighted by Gasteiger charge is -2.25. The Morgan fingerprint density at radius 1 is 1.23 bits per heavy atom. The van der Waals surface area contributed by atoms with Crippen LogP contribution in [0.2, 0.25) is 0 Å². The smallest absolute Gasteiger partial charge is 0.376 e. The van der Waals surface area contributed by atoms with E-state index in [4.69, 9.17) is 9.26 Å². The average molecular weight is 426 g/mol. The second-order valence-corrected chi connectivity index (χ2v) is 6.89. The lowest BCUT2D eigenvalue weighted by Crippen LogP contribution is -2.44. The number of nitrogens with zero attached hydrogens (tertiary/aromatic N) is 2. The summed E-state index contributed by atoms with van der Waals surface area (Å²) in [6.45, 7) is 2.11. The molecule has 1 saturated heterocycles. The Morgan fingerprint density at radius 2 is 1.97 bits per heavy atom. The zero-order chi connectivity index (χ0) is 21.7. The maximum Gasteiger partial charge on any atom is 0.416 e. The Balaban J connectivity index is 1.65. The number of aryl methyl sites for hydroxylation is 1. The molecule has 1 aliphatic rings. The van der Waals surface area contributed by atoms with Crippen molar-refractivity contribution < 1.29 is 32.0 Å². The zero-order valence-electron chi connectivity index (χ0n) is 16.2. The number of alkyl halides is 3. The van der Waals surface area contributed by atoms with Gasteiger partial charge in [0, 0.05) is 24.9 Å². The van der Waals surface area contributed by atoms with Crippen LogP contribution in [-0.4, -0.2) is 47.8 Å². The number of carbonyl (C=O) groups is 2. The Morgan fingerprint density at radius 3 is 2.53 bits per heavy atom. The van der Waals surface area contributed by atoms with Crippen molar-refractivity contribution in [3.63, 3.8) is 0 Å². The Bertz CT molecular complexity index is 877. The summed E-state index contributed by atoms with van der Waals surface area (Å²) in [5.74, 6) is 0.239. The Kier molecular flexibility index (Phi) is 6.60. The highest BCUT2D eigenvalue weighted by molar-refractivity contribution is 5.96. The molecular formula is C19H21F3N4O4. The van der Waals surface area contributed by atoms with Gasteiger partial charge in [0.2, 0.25) is 5.91 Å². The fourth-order valence-corrected chi connectivity index (χ4v) is 2.98. The molecular weight excluding hydrogens is 405 g/mol. The molecule has 0 saturated carbocycles. The second-order valence-electron chi connectivity index (χ2n) is 6.89. The predicted molar refractivity (Wildman–Crippen MR) is 101 cm³/mol. The van der Waals surface area contributed by atoms with Crippen LogP contribution in [0.15, 0.2) is 34.9 Å². The fraction of sp³-hybridized carbons (Fsp3) is 0.421. The summed E-state index contributed by atoms with van der Waals surface area (Å²) in [6, 6.07) is 4.97. The summed E-state index contributed by atoms with van der Waals surface area (Å²) in [6.07, 6.45) is -3.09. The maximum atomic E-state index is 12.7. The van der Waals surface area contributed by atoms with Crippen LogP contribution in [-0.2, 0) is 15.7 Å². The first-order valence-electron chi connectivity index (χ1n) is 9.28. The van der Waals surface area contributed by atoms with Crippen LogP contribution < -0.4 is 10.6 Å². The van der Waals surface area contributed by atoms with Crippen molar-refractivity contribution in [3.05, 3.63) is 41.7 Å². The van der Waals surface area contributed by atoms with Crippen molar-refractivity contribution in [1.82, 2.24) is 10.1 Å². The van der Waals surface area contributed by atoms with Gasteiger partial charge < -0.3 is 24.8 Å². The highest BCUT2D eigenvalue weighted by atomic mass is 19.4. The van der Waals surface area contributed by atoms with E-state index in [1.807, 2.05) is 0 Å². The number of aromatic nitrogens is 1. The minimum Gasteiger partial charge on any atom is -0.376 e. The Hall–Kier alpha value is -3.08. The van der Waals surface area contributed by atoms with Gasteiger partial charge in [0.15, 0.2) is 5.82 Å². The van der Waals surface area contributed by atoms with E-state index < -0.39 is 23.7 Å². The molecule has 0 bridgehead atoms. The molecule has 0 spiro atoms. The van der Waals surface area contributed by atoms with Gasteiger partial charge in [0.1, 0.15) is 12.3 Å². The second kappa shape index (κ2) is 9.16. The average Bonchev–Trinajstić information content (AvgIpc) is 3.32. The number of anilines is 2. The van der Waals surface area contributed by atoms with E-state index in [1.165, 1.54) is 11.0 Å². The van der Waals surface area contributed by atoms with E-state index in [0.717, 1.165) is 37.1 Å². The topological polar surface area (TPSA) is 96.7 Å². The minimum atomic E-state index is -4.47. The highest BCUT2D eigenvalue weighted by Crippen LogP contribution is 2.29. The number of amides is 3. The van der Waals surface area contributed by atoms with Gasteiger partial charge in [-0.25, -0.2) is 4.79 Å².